The Morgan fingerprint density at radius 2 is 1.74 bits per heavy atom. The van der Waals surface area contributed by atoms with Crippen molar-refractivity contribution in [3.63, 3.8) is 0 Å². The topological polar surface area (TPSA) is 114 Å². The van der Waals surface area contributed by atoms with E-state index in [4.69, 9.17) is 9.47 Å². The van der Waals surface area contributed by atoms with Crippen LogP contribution in [0.15, 0.2) is 41.3 Å². The molecule has 2 aromatic carbocycles. The number of hydrogen-bond acceptors (Lipinski definition) is 6. The number of sulfonamides is 1. The number of carbonyl (C=O) groups excluding carboxylic acids is 2. The Bertz CT molecular complexity index is 1140. The van der Waals surface area contributed by atoms with Gasteiger partial charge in [-0.1, -0.05) is 35.9 Å². The molecule has 0 unspecified atom stereocenters. The summed E-state index contributed by atoms with van der Waals surface area (Å²) >= 11 is 0. The number of rotatable bonds is 8. The summed E-state index contributed by atoms with van der Waals surface area (Å²) in [5.41, 5.74) is 3.20. The minimum Gasteiger partial charge on any atom is -0.496 e. The summed E-state index contributed by atoms with van der Waals surface area (Å²) in [5, 5.41) is 5.05. The number of carbonyl (C=O) groups is 2. The maximum absolute atomic E-state index is 13.3. The summed E-state index contributed by atoms with van der Waals surface area (Å²) in [6.07, 6.45) is -0.397. The van der Waals surface area contributed by atoms with Gasteiger partial charge >= 0.3 is 11.8 Å². The summed E-state index contributed by atoms with van der Waals surface area (Å²) in [6, 6.07) is 11.1. The van der Waals surface area contributed by atoms with Crippen molar-refractivity contribution in [2.45, 2.75) is 38.3 Å². The van der Waals surface area contributed by atoms with Crippen LogP contribution in [0.5, 0.6) is 5.75 Å². The highest BCUT2D eigenvalue weighted by molar-refractivity contribution is 7.89. The highest BCUT2D eigenvalue weighted by Crippen LogP contribution is 2.28. The fourth-order valence-electron chi connectivity index (χ4n) is 4.19. The molecular weight excluding hydrogens is 458 g/mol. The summed E-state index contributed by atoms with van der Waals surface area (Å²) in [5.74, 6) is -0.942. The van der Waals surface area contributed by atoms with Gasteiger partial charge in [0.1, 0.15) is 12.0 Å². The van der Waals surface area contributed by atoms with E-state index in [2.05, 4.69) is 10.6 Å². The third-order valence-corrected chi connectivity index (χ3v) is 7.83. The molecule has 0 saturated carbocycles. The molecular formula is C24H31N3O6S. The minimum absolute atomic E-state index is 0.137. The van der Waals surface area contributed by atoms with Crippen molar-refractivity contribution in [2.75, 3.05) is 33.4 Å². The molecule has 184 valence electrons. The van der Waals surface area contributed by atoms with E-state index in [-0.39, 0.29) is 31.1 Å². The van der Waals surface area contributed by atoms with Crippen LogP contribution in [0.2, 0.25) is 0 Å². The summed E-state index contributed by atoms with van der Waals surface area (Å²) in [6.45, 7) is 5.91. The predicted octanol–water partition coefficient (Wildman–Crippen LogP) is 1.44. The zero-order valence-electron chi connectivity index (χ0n) is 19.9. The molecule has 2 amide bonds. The quantitative estimate of drug-likeness (QED) is 0.543. The fraction of sp³-hybridized carbons (Fsp3) is 0.417. The summed E-state index contributed by atoms with van der Waals surface area (Å²) < 4.78 is 38.8. The van der Waals surface area contributed by atoms with Crippen molar-refractivity contribution in [3.05, 3.63) is 58.7 Å². The van der Waals surface area contributed by atoms with Gasteiger partial charge in [0.25, 0.3) is 0 Å². The first-order valence-electron chi connectivity index (χ1n) is 11.0. The van der Waals surface area contributed by atoms with E-state index in [0.29, 0.717) is 23.3 Å². The molecule has 1 aliphatic heterocycles. The normalized spacial score (nSPS) is 16.3. The number of benzene rings is 2. The van der Waals surface area contributed by atoms with Crippen molar-refractivity contribution < 1.29 is 27.5 Å². The van der Waals surface area contributed by atoms with Crippen molar-refractivity contribution in [2.24, 2.45) is 0 Å². The van der Waals surface area contributed by atoms with Crippen molar-refractivity contribution in [1.29, 1.82) is 0 Å². The Balaban J connectivity index is 1.57. The van der Waals surface area contributed by atoms with Crippen LogP contribution in [-0.4, -0.2) is 64.1 Å². The molecule has 0 spiro atoms. The number of aryl methyl sites for hydroxylation is 3. The Labute approximate surface area is 200 Å². The Hall–Kier alpha value is -2.95. The van der Waals surface area contributed by atoms with Gasteiger partial charge in [-0.25, -0.2) is 8.42 Å². The summed E-state index contributed by atoms with van der Waals surface area (Å²) in [4.78, 5) is 24.7. The molecule has 10 heteroatoms. The maximum atomic E-state index is 13.3. The third-order valence-electron chi connectivity index (χ3n) is 5.63. The average Bonchev–Trinajstić information content (AvgIpc) is 3.26. The van der Waals surface area contributed by atoms with Crippen molar-refractivity contribution >= 4 is 21.8 Å². The van der Waals surface area contributed by atoms with Crippen LogP contribution >= 0.6 is 0 Å². The first-order chi connectivity index (χ1) is 16.1. The lowest BCUT2D eigenvalue weighted by Crippen LogP contribution is -2.47. The zero-order chi connectivity index (χ0) is 24.9. The van der Waals surface area contributed by atoms with Gasteiger partial charge in [0.05, 0.1) is 25.2 Å². The SMILES string of the molecule is COc1ccccc1CCNC(=O)C(=O)NC[C@@H]1OCCN1S(=O)(=O)c1c(C)cc(C)cc1C. The van der Waals surface area contributed by atoms with Gasteiger partial charge in [0, 0.05) is 13.1 Å². The van der Waals surface area contributed by atoms with E-state index >= 15 is 0 Å². The zero-order valence-corrected chi connectivity index (χ0v) is 20.7. The molecule has 9 nitrogen and oxygen atoms in total. The Kier molecular flexibility index (Phi) is 8.29. The number of methoxy groups -OCH3 is 1. The van der Waals surface area contributed by atoms with Crippen LogP contribution in [0.25, 0.3) is 0 Å². The molecule has 0 bridgehead atoms. The van der Waals surface area contributed by atoms with E-state index in [1.165, 1.54) is 4.31 Å². The second-order valence-corrected chi connectivity index (χ2v) is 10.0. The molecule has 2 aromatic rings. The van der Waals surface area contributed by atoms with E-state index in [9.17, 15) is 18.0 Å². The number of ether oxygens (including phenoxy) is 2. The largest absolute Gasteiger partial charge is 0.496 e. The van der Waals surface area contributed by atoms with Gasteiger partial charge in [-0.05, 0) is 49.9 Å². The lowest BCUT2D eigenvalue weighted by molar-refractivity contribution is -0.139. The van der Waals surface area contributed by atoms with Gasteiger partial charge in [-0.3, -0.25) is 9.59 Å². The number of amides is 2. The average molecular weight is 490 g/mol. The molecule has 0 radical (unpaired) electrons. The molecule has 1 saturated heterocycles. The molecule has 1 atom stereocenters. The van der Waals surface area contributed by atoms with Crippen molar-refractivity contribution in [3.8, 4) is 5.75 Å². The molecule has 2 N–H and O–H groups in total. The van der Waals surface area contributed by atoms with E-state index < -0.39 is 28.1 Å². The molecule has 1 fully saturated rings. The maximum Gasteiger partial charge on any atom is 0.309 e. The molecule has 3 rings (SSSR count). The molecule has 0 aliphatic carbocycles. The standard InChI is InChI=1S/C24H31N3O6S/c1-16-13-17(2)22(18(3)14-16)34(30,31)27-11-12-33-21(27)15-26-24(29)23(28)25-10-9-19-7-5-6-8-20(19)32-4/h5-8,13-14,21H,9-12,15H2,1-4H3,(H,25,28)(H,26,29)/t21-/m0/s1. The lowest BCUT2D eigenvalue weighted by Gasteiger charge is -2.24. The Morgan fingerprint density at radius 3 is 2.41 bits per heavy atom. The molecule has 34 heavy (non-hydrogen) atoms. The van der Waals surface area contributed by atoms with Crippen LogP contribution < -0.4 is 15.4 Å². The second-order valence-electron chi connectivity index (χ2n) is 8.20. The monoisotopic (exact) mass is 489 g/mol. The van der Waals surface area contributed by atoms with Gasteiger partial charge in [0.15, 0.2) is 0 Å². The van der Waals surface area contributed by atoms with Crippen LogP contribution in [-0.2, 0) is 30.8 Å². The number of hydrogen-bond donors (Lipinski definition) is 2. The lowest BCUT2D eigenvalue weighted by atomic mass is 10.1. The number of para-hydroxylation sites is 1. The van der Waals surface area contributed by atoms with E-state index in [1.54, 1.807) is 21.0 Å². The van der Waals surface area contributed by atoms with Crippen molar-refractivity contribution in [1.82, 2.24) is 14.9 Å². The van der Waals surface area contributed by atoms with E-state index in [1.807, 2.05) is 43.3 Å². The predicted molar refractivity (Wildman–Crippen MR) is 127 cm³/mol. The van der Waals surface area contributed by atoms with Crippen LogP contribution in [0, 0.1) is 20.8 Å². The van der Waals surface area contributed by atoms with Gasteiger partial charge in [-0.15, -0.1) is 0 Å². The van der Waals surface area contributed by atoms with Gasteiger partial charge in [-0.2, -0.15) is 4.31 Å². The van der Waals surface area contributed by atoms with Crippen LogP contribution in [0.3, 0.4) is 0 Å². The highest BCUT2D eigenvalue weighted by Gasteiger charge is 2.38. The smallest absolute Gasteiger partial charge is 0.309 e. The third kappa shape index (κ3) is 5.75. The number of nitrogens with zero attached hydrogens (tertiary/aromatic N) is 1. The molecule has 0 aromatic heterocycles. The Morgan fingerprint density at radius 1 is 1.09 bits per heavy atom. The van der Waals surface area contributed by atoms with E-state index in [0.717, 1.165) is 11.1 Å². The summed E-state index contributed by atoms with van der Waals surface area (Å²) in [7, 11) is -2.27. The number of nitrogens with one attached hydrogen (secondary N) is 2. The molecule has 1 heterocycles. The second kappa shape index (κ2) is 11.0. The van der Waals surface area contributed by atoms with Crippen LogP contribution in [0.1, 0.15) is 22.3 Å². The van der Waals surface area contributed by atoms with Gasteiger partial charge < -0.3 is 20.1 Å². The van der Waals surface area contributed by atoms with Crippen LogP contribution in [0.4, 0.5) is 0 Å². The fourth-order valence-corrected chi connectivity index (χ4v) is 6.12. The van der Waals surface area contributed by atoms with Gasteiger partial charge in [0.2, 0.25) is 10.0 Å². The first-order valence-corrected chi connectivity index (χ1v) is 12.5. The molecule has 1 aliphatic rings. The first kappa shape index (κ1) is 25.7. The minimum atomic E-state index is -3.84. The highest BCUT2D eigenvalue weighted by atomic mass is 32.2.